The van der Waals surface area contributed by atoms with E-state index in [2.05, 4.69) is 5.32 Å². The second-order valence-electron chi connectivity index (χ2n) is 4.31. The molecule has 0 aromatic carbocycles. The molecule has 7 heteroatoms. The van der Waals surface area contributed by atoms with Gasteiger partial charge in [-0.25, -0.2) is 8.42 Å². The third kappa shape index (κ3) is 7.57. The number of likely N-dealkylation sites (N-methyl/N-ethyl adjacent to an activating group) is 1. The summed E-state index contributed by atoms with van der Waals surface area (Å²) in [4.78, 5) is 11.4. The zero-order valence-electron chi connectivity index (χ0n) is 10.6. The number of hydrogen-bond acceptors (Lipinski definition) is 3. The highest BCUT2D eigenvalue weighted by Gasteiger charge is 2.19. The minimum absolute atomic E-state index is 0.0234. The maximum absolute atomic E-state index is 11.7. The molecule has 0 saturated heterocycles. The zero-order valence-corrected chi connectivity index (χ0v) is 12.1. The molecule has 5 nitrogen and oxygen atoms in total. The number of alkyl halides is 1. The molecule has 0 atom stereocenters. The topological polar surface area (TPSA) is 66.5 Å². The number of carbonyl (C=O) groups excluding carboxylic acids is 1. The minimum Gasteiger partial charge on any atom is -0.355 e. The summed E-state index contributed by atoms with van der Waals surface area (Å²) in [5, 5.41) is 2.67. The molecule has 0 radical (unpaired) electrons. The predicted molar refractivity (Wildman–Crippen MR) is 69.6 cm³/mol. The van der Waals surface area contributed by atoms with Crippen LogP contribution in [0.3, 0.4) is 0 Å². The summed E-state index contributed by atoms with van der Waals surface area (Å²) < 4.78 is 24.4. The number of nitrogens with one attached hydrogen (secondary N) is 1. The van der Waals surface area contributed by atoms with Crippen LogP contribution in [0.1, 0.15) is 20.3 Å². The Balaban J connectivity index is 4.15. The monoisotopic (exact) mass is 284 g/mol. The van der Waals surface area contributed by atoms with Gasteiger partial charge in [0.1, 0.15) is 0 Å². The van der Waals surface area contributed by atoms with Gasteiger partial charge in [0.15, 0.2) is 0 Å². The van der Waals surface area contributed by atoms with Crippen LogP contribution in [0.4, 0.5) is 0 Å². The minimum atomic E-state index is -3.37. The fourth-order valence-corrected chi connectivity index (χ4v) is 2.49. The lowest BCUT2D eigenvalue weighted by Crippen LogP contribution is -2.40. The first kappa shape index (κ1) is 16.7. The Hall–Kier alpha value is -0.330. The molecule has 0 aliphatic heterocycles. The summed E-state index contributed by atoms with van der Waals surface area (Å²) in [6, 6.07) is 0. The van der Waals surface area contributed by atoms with Gasteiger partial charge in [-0.1, -0.05) is 13.8 Å². The van der Waals surface area contributed by atoms with Crippen molar-refractivity contribution >= 4 is 27.5 Å². The van der Waals surface area contributed by atoms with E-state index >= 15 is 0 Å². The quantitative estimate of drug-likeness (QED) is 0.666. The molecule has 0 heterocycles. The van der Waals surface area contributed by atoms with Gasteiger partial charge in [0, 0.05) is 19.5 Å². The van der Waals surface area contributed by atoms with Crippen LogP contribution >= 0.6 is 11.6 Å². The highest BCUT2D eigenvalue weighted by Crippen LogP contribution is 2.01. The van der Waals surface area contributed by atoms with E-state index in [9.17, 15) is 13.2 Å². The molecule has 0 rings (SSSR count). The molecule has 0 aliphatic rings. The van der Waals surface area contributed by atoms with Crippen molar-refractivity contribution in [2.45, 2.75) is 20.3 Å². The molecule has 0 unspecified atom stereocenters. The van der Waals surface area contributed by atoms with Gasteiger partial charge in [-0.05, 0) is 12.3 Å². The molecule has 0 saturated carbocycles. The van der Waals surface area contributed by atoms with E-state index < -0.39 is 10.0 Å². The van der Waals surface area contributed by atoms with Gasteiger partial charge in [-0.2, -0.15) is 4.31 Å². The maximum Gasteiger partial charge on any atom is 0.235 e. The van der Waals surface area contributed by atoms with E-state index in [4.69, 9.17) is 11.6 Å². The van der Waals surface area contributed by atoms with Gasteiger partial charge in [0.25, 0.3) is 0 Å². The average molecular weight is 285 g/mol. The Bertz CT molecular complexity index is 330. The van der Waals surface area contributed by atoms with Gasteiger partial charge in [0.05, 0.1) is 12.3 Å². The molecule has 102 valence electrons. The average Bonchev–Trinajstić information content (AvgIpc) is 2.23. The number of halogens is 1. The Kier molecular flexibility index (Phi) is 7.74. The lowest BCUT2D eigenvalue weighted by Gasteiger charge is -2.16. The molecule has 0 spiro atoms. The molecule has 1 N–H and O–H groups in total. The molecule has 0 bridgehead atoms. The van der Waals surface area contributed by atoms with E-state index in [1.807, 2.05) is 13.8 Å². The van der Waals surface area contributed by atoms with E-state index in [-0.39, 0.29) is 18.2 Å². The highest BCUT2D eigenvalue weighted by molar-refractivity contribution is 7.89. The second-order valence-corrected chi connectivity index (χ2v) is 6.89. The zero-order chi connectivity index (χ0) is 13.5. The number of amides is 1. The van der Waals surface area contributed by atoms with Crippen molar-refractivity contribution in [3.05, 3.63) is 0 Å². The SMILES string of the molecule is CC(C)CNC(=O)CN(C)S(=O)(=O)CCCCl. The Morgan fingerprint density at radius 3 is 2.47 bits per heavy atom. The highest BCUT2D eigenvalue weighted by atomic mass is 35.5. The van der Waals surface area contributed by atoms with Crippen molar-refractivity contribution < 1.29 is 13.2 Å². The van der Waals surface area contributed by atoms with E-state index in [0.29, 0.717) is 24.8 Å². The maximum atomic E-state index is 11.7. The van der Waals surface area contributed by atoms with Crippen molar-refractivity contribution in [2.75, 3.05) is 31.8 Å². The van der Waals surface area contributed by atoms with Gasteiger partial charge in [-0.15, -0.1) is 11.6 Å². The summed E-state index contributed by atoms with van der Waals surface area (Å²) in [6.07, 6.45) is 0.391. The third-order valence-corrected chi connectivity index (χ3v) is 4.24. The molecule has 17 heavy (non-hydrogen) atoms. The van der Waals surface area contributed by atoms with Gasteiger partial charge in [-0.3, -0.25) is 4.79 Å². The first-order valence-electron chi connectivity index (χ1n) is 5.56. The fraction of sp³-hybridized carbons (Fsp3) is 0.900. The lowest BCUT2D eigenvalue weighted by molar-refractivity contribution is -0.121. The third-order valence-electron chi connectivity index (χ3n) is 2.08. The van der Waals surface area contributed by atoms with Crippen molar-refractivity contribution in [1.29, 1.82) is 0 Å². The second kappa shape index (κ2) is 7.89. The molecule has 1 amide bonds. The number of carbonyl (C=O) groups is 1. The van der Waals surface area contributed by atoms with Crippen LogP contribution in [0, 0.1) is 5.92 Å². The first-order valence-corrected chi connectivity index (χ1v) is 7.70. The lowest BCUT2D eigenvalue weighted by atomic mass is 10.2. The molecule has 0 fully saturated rings. The van der Waals surface area contributed by atoms with Crippen LogP contribution in [-0.4, -0.2) is 50.4 Å². The van der Waals surface area contributed by atoms with Crippen molar-refractivity contribution in [1.82, 2.24) is 9.62 Å². The number of nitrogens with zero attached hydrogens (tertiary/aromatic N) is 1. The number of sulfonamides is 1. The molecular weight excluding hydrogens is 264 g/mol. The van der Waals surface area contributed by atoms with Crippen molar-refractivity contribution in [2.24, 2.45) is 5.92 Å². The smallest absolute Gasteiger partial charge is 0.235 e. The Labute approximate surface area is 109 Å². The molecule has 0 aromatic rings. The summed E-state index contributed by atoms with van der Waals surface area (Å²) in [6.45, 7) is 4.36. The van der Waals surface area contributed by atoms with Crippen LogP contribution < -0.4 is 5.32 Å². The van der Waals surface area contributed by atoms with Crippen LogP contribution in [-0.2, 0) is 14.8 Å². The first-order chi connectivity index (χ1) is 7.79. The van der Waals surface area contributed by atoms with Gasteiger partial charge >= 0.3 is 0 Å². The van der Waals surface area contributed by atoms with E-state index in [1.165, 1.54) is 7.05 Å². The van der Waals surface area contributed by atoms with Crippen LogP contribution in [0.25, 0.3) is 0 Å². The van der Waals surface area contributed by atoms with Crippen molar-refractivity contribution in [3.63, 3.8) is 0 Å². The Morgan fingerprint density at radius 2 is 2.00 bits per heavy atom. The van der Waals surface area contributed by atoms with Crippen LogP contribution in [0.5, 0.6) is 0 Å². The standard InChI is InChI=1S/C10H21ClN2O3S/c1-9(2)7-12-10(14)8-13(3)17(15,16)6-4-5-11/h9H,4-8H2,1-3H3,(H,12,14). The normalized spacial score (nSPS) is 12.1. The Morgan fingerprint density at radius 1 is 1.41 bits per heavy atom. The number of rotatable bonds is 8. The predicted octanol–water partition coefficient (Wildman–Crippen LogP) is 0.649. The summed E-state index contributed by atoms with van der Waals surface area (Å²) >= 11 is 5.44. The largest absolute Gasteiger partial charge is 0.355 e. The van der Waals surface area contributed by atoms with E-state index in [0.717, 1.165) is 4.31 Å². The summed E-state index contributed by atoms with van der Waals surface area (Å²) in [5.74, 6) is 0.338. The summed E-state index contributed by atoms with van der Waals surface area (Å²) in [5.41, 5.74) is 0. The van der Waals surface area contributed by atoms with E-state index in [1.54, 1.807) is 0 Å². The molecule has 0 aromatic heterocycles. The number of hydrogen-bond donors (Lipinski definition) is 1. The van der Waals surface area contributed by atoms with Gasteiger partial charge < -0.3 is 5.32 Å². The van der Waals surface area contributed by atoms with Gasteiger partial charge in [0.2, 0.25) is 15.9 Å². The molecular formula is C10H21ClN2O3S. The van der Waals surface area contributed by atoms with Crippen LogP contribution in [0.15, 0.2) is 0 Å². The van der Waals surface area contributed by atoms with Crippen molar-refractivity contribution in [3.8, 4) is 0 Å². The van der Waals surface area contributed by atoms with Crippen LogP contribution in [0.2, 0.25) is 0 Å². The summed E-state index contributed by atoms with van der Waals surface area (Å²) in [7, 11) is -1.97. The fourth-order valence-electron chi connectivity index (χ4n) is 1.07. The molecule has 0 aliphatic carbocycles.